The van der Waals surface area contributed by atoms with Crippen LogP contribution in [-0.2, 0) is 4.79 Å². The molecule has 1 aliphatic carbocycles. The van der Waals surface area contributed by atoms with Gasteiger partial charge in [0, 0.05) is 16.1 Å². The minimum Gasteiger partial charge on any atom is -0.478 e. The molecule has 0 atom stereocenters. The molecule has 0 saturated heterocycles. The fraction of sp³-hybridized carbons (Fsp3) is 0.333. The Labute approximate surface area is 107 Å². The lowest BCUT2D eigenvalue weighted by atomic mass is 9.85. The highest BCUT2D eigenvalue weighted by atomic mass is 79.9. The second-order valence-corrected chi connectivity index (χ2v) is 4.97. The van der Waals surface area contributed by atoms with Crippen LogP contribution in [0.15, 0.2) is 22.7 Å². The molecule has 0 bridgehead atoms. The molecule has 1 amide bonds. The normalized spacial score (nSPS) is 15.1. The van der Waals surface area contributed by atoms with E-state index in [1.165, 1.54) is 6.07 Å². The first kappa shape index (κ1) is 12.1. The fourth-order valence-corrected chi connectivity index (χ4v) is 2.10. The van der Waals surface area contributed by atoms with E-state index in [0.29, 0.717) is 10.2 Å². The summed E-state index contributed by atoms with van der Waals surface area (Å²) in [5.74, 6) is -0.946. The van der Waals surface area contributed by atoms with Crippen LogP contribution in [0.25, 0.3) is 0 Å². The summed E-state index contributed by atoms with van der Waals surface area (Å²) >= 11 is 3.16. The minimum atomic E-state index is -1.02. The van der Waals surface area contributed by atoms with E-state index in [4.69, 9.17) is 5.11 Å². The number of anilines is 1. The number of carbonyl (C=O) groups excluding carboxylic acids is 1. The van der Waals surface area contributed by atoms with E-state index in [-0.39, 0.29) is 17.4 Å². The number of carbonyl (C=O) groups is 2. The van der Waals surface area contributed by atoms with Gasteiger partial charge < -0.3 is 10.4 Å². The van der Waals surface area contributed by atoms with Crippen molar-refractivity contribution < 1.29 is 14.7 Å². The second kappa shape index (κ2) is 4.87. The van der Waals surface area contributed by atoms with Crippen LogP contribution in [-0.4, -0.2) is 17.0 Å². The number of aromatic carboxylic acids is 1. The van der Waals surface area contributed by atoms with Gasteiger partial charge in [0.15, 0.2) is 0 Å². The molecule has 1 fully saturated rings. The van der Waals surface area contributed by atoms with Gasteiger partial charge in [-0.05, 0) is 47.0 Å². The Bertz CT molecular complexity index is 469. The van der Waals surface area contributed by atoms with Crippen molar-refractivity contribution in [3.63, 3.8) is 0 Å². The molecule has 1 aromatic carbocycles. The summed E-state index contributed by atoms with van der Waals surface area (Å²) in [4.78, 5) is 22.6. The van der Waals surface area contributed by atoms with Crippen molar-refractivity contribution in [2.75, 3.05) is 5.32 Å². The number of hydrogen-bond acceptors (Lipinski definition) is 2. The third-order valence-corrected chi connectivity index (χ3v) is 3.63. The summed E-state index contributed by atoms with van der Waals surface area (Å²) in [5, 5.41) is 11.7. The molecule has 1 aromatic rings. The van der Waals surface area contributed by atoms with E-state index >= 15 is 0 Å². The number of hydrogen-bond donors (Lipinski definition) is 2. The van der Waals surface area contributed by atoms with Gasteiger partial charge in [-0.3, -0.25) is 4.79 Å². The van der Waals surface area contributed by atoms with Crippen LogP contribution < -0.4 is 5.32 Å². The average molecular weight is 298 g/mol. The van der Waals surface area contributed by atoms with Crippen molar-refractivity contribution in [3.05, 3.63) is 28.2 Å². The number of halogens is 1. The predicted octanol–water partition coefficient (Wildman–Crippen LogP) is 2.89. The number of carboxylic acid groups (broad SMARTS) is 1. The molecule has 4 nitrogen and oxygen atoms in total. The highest BCUT2D eigenvalue weighted by Gasteiger charge is 2.25. The molecule has 2 N–H and O–H groups in total. The number of rotatable bonds is 3. The maximum absolute atomic E-state index is 11.7. The summed E-state index contributed by atoms with van der Waals surface area (Å²) in [6.45, 7) is 0. The van der Waals surface area contributed by atoms with Crippen molar-refractivity contribution >= 4 is 33.5 Å². The highest BCUT2D eigenvalue weighted by molar-refractivity contribution is 9.10. The smallest absolute Gasteiger partial charge is 0.336 e. The maximum Gasteiger partial charge on any atom is 0.336 e. The molecule has 0 radical (unpaired) electrons. The number of nitrogens with one attached hydrogen (secondary N) is 1. The Balaban J connectivity index is 2.13. The monoisotopic (exact) mass is 297 g/mol. The molecular weight excluding hydrogens is 286 g/mol. The molecule has 17 heavy (non-hydrogen) atoms. The molecule has 90 valence electrons. The largest absolute Gasteiger partial charge is 0.478 e. The van der Waals surface area contributed by atoms with E-state index < -0.39 is 5.97 Å². The van der Waals surface area contributed by atoms with Gasteiger partial charge in [-0.2, -0.15) is 0 Å². The molecule has 2 rings (SSSR count). The van der Waals surface area contributed by atoms with Crippen molar-refractivity contribution in [1.82, 2.24) is 0 Å². The third kappa shape index (κ3) is 2.66. The number of benzene rings is 1. The van der Waals surface area contributed by atoms with Crippen LogP contribution >= 0.6 is 15.9 Å². The van der Waals surface area contributed by atoms with Crippen LogP contribution in [0.2, 0.25) is 0 Å². The number of carboxylic acids is 1. The van der Waals surface area contributed by atoms with Gasteiger partial charge in [-0.25, -0.2) is 4.79 Å². The molecule has 0 heterocycles. The molecular formula is C12H12BrNO3. The van der Waals surface area contributed by atoms with Gasteiger partial charge in [0.25, 0.3) is 0 Å². The molecule has 0 aromatic heterocycles. The van der Waals surface area contributed by atoms with Crippen LogP contribution in [0.4, 0.5) is 5.69 Å². The van der Waals surface area contributed by atoms with Gasteiger partial charge >= 0.3 is 5.97 Å². The predicted molar refractivity (Wildman–Crippen MR) is 67.1 cm³/mol. The van der Waals surface area contributed by atoms with Gasteiger partial charge in [0.2, 0.25) is 5.91 Å². The van der Waals surface area contributed by atoms with Crippen molar-refractivity contribution in [1.29, 1.82) is 0 Å². The van der Waals surface area contributed by atoms with Crippen molar-refractivity contribution in [2.45, 2.75) is 19.3 Å². The van der Waals surface area contributed by atoms with Crippen LogP contribution in [0.1, 0.15) is 29.6 Å². The van der Waals surface area contributed by atoms with E-state index in [0.717, 1.165) is 19.3 Å². The molecule has 5 heteroatoms. The van der Waals surface area contributed by atoms with Gasteiger partial charge in [-0.1, -0.05) is 6.42 Å². The SMILES string of the molecule is O=C(O)c1cc(NC(=O)C2CCC2)ccc1Br. The Morgan fingerprint density at radius 2 is 2.06 bits per heavy atom. The summed E-state index contributed by atoms with van der Waals surface area (Å²) in [6.07, 6.45) is 2.95. The van der Waals surface area contributed by atoms with E-state index in [9.17, 15) is 9.59 Å². The minimum absolute atomic E-state index is 0.0186. The van der Waals surface area contributed by atoms with Crippen LogP contribution in [0, 0.1) is 5.92 Å². The Morgan fingerprint density at radius 3 is 2.59 bits per heavy atom. The van der Waals surface area contributed by atoms with E-state index in [1.807, 2.05) is 0 Å². The lowest BCUT2D eigenvalue weighted by Crippen LogP contribution is -2.28. The topological polar surface area (TPSA) is 66.4 Å². The fourth-order valence-electron chi connectivity index (χ4n) is 1.68. The first-order valence-electron chi connectivity index (χ1n) is 5.41. The molecule has 0 unspecified atom stereocenters. The van der Waals surface area contributed by atoms with Gasteiger partial charge in [0.1, 0.15) is 0 Å². The second-order valence-electron chi connectivity index (χ2n) is 4.12. The van der Waals surface area contributed by atoms with E-state index in [1.54, 1.807) is 12.1 Å². The molecule has 0 aliphatic heterocycles. The Hall–Kier alpha value is -1.36. The quantitative estimate of drug-likeness (QED) is 0.901. The van der Waals surface area contributed by atoms with Gasteiger partial charge in [-0.15, -0.1) is 0 Å². The Morgan fingerprint density at radius 1 is 1.35 bits per heavy atom. The van der Waals surface area contributed by atoms with Crippen molar-refractivity contribution in [3.8, 4) is 0 Å². The standard InChI is InChI=1S/C12H12BrNO3/c13-10-5-4-8(6-9(10)12(16)17)14-11(15)7-2-1-3-7/h4-7H,1-3H2,(H,14,15)(H,16,17). The van der Waals surface area contributed by atoms with Crippen LogP contribution in [0.5, 0.6) is 0 Å². The zero-order chi connectivity index (χ0) is 12.4. The zero-order valence-electron chi connectivity index (χ0n) is 9.07. The van der Waals surface area contributed by atoms with Crippen molar-refractivity contribution in [2.24, 2.45) is 5.92 Å². The average Bonchev–Trinajstić information content (AvgIpc) is 2.17. The number of amides is 1. The Kier molecular flexibility index (Phi) is 3.47. The lowest BCUT2D eigenvalue weighted by Gasteiger charge is -2.24. The molecule has 1 aliphatic rings. The molecule has 0 spiro atoms. The van der Waals surface area contributed by atoms with E-state index in [2.05, 4.69) is 21.2 Å². The summed E-state index contributed by atoms with van der Waals surface area (Å²) in [6, 6.07) is 4.77. The first-order chi connectivity index (χ1) is 8.08. The summed E-state index contributed by atoms with van der Waals surface area (Å²) in [7, 11) is 0. The first-order valence-corrected chi connectivity index (χ1v) is 6.21. The maximum atomic E-state index is 11.7. The highest BCUT2D eigenvalue weighted by Crippen LogP contribution is 2.28. The summed E-state index contributed by atoms with van der Waals surface area (Å²) < 4.78 is 0.506. The zero-order valence-corrected chi connectivity index (χ0v) is 10.7. The lowest BCUT2D eigenvalue weighted by molar-refractivity contribution is -0.122. The van der Waals surface area contributed by atoms with Crippen LogP contribution in [0.3, 0.4) is 0 Å². The molecule has 1 saturated carbocycles. The summed E-state index contributed by atoms with van der Waals surface area (Å²) in [5.41, 5.74) is 0.680. The third-order valence-electron chi connectivity index (χ3n) is 2.94. The van der Waals surface area contributed by atoms with Gasteiger partial charge in [0.05, 0.1) is 5.56 Å².